The van der Waals surface area contributed by atoms with Crippen molar-refractivity contribution < 1.29 is 38.5 Å². The molecule has 2 saturated heterocycles. The molecule has 4 aromatic carbocycles. The molecule has 65 heavy (non-hydrogen) atoms. The maximum atomic E-state index is 12.9. The van der Waals surface area contributed by atoms with Crippen LogP contribution in [0.15, 0.2) is 84.9 Å². The predicted molar refractivity (Wildman–Crippen MR) is 259 cm³/mol. The van der Waals surface area contributed by atoms with Gasteiger partial charge in [-0.1, -0.05) is 113 Å². The molecule has 0 spiro atoms. The van der Waals surface area contributed by atoms with Crippen LogP contribution in [-0.4, -0.2) is 67.1 Å². The first-order chi connectivity index (χ1) is 30.9. The van der Waals surface area contributed by atoms with E-state index in [2.05, 4.69) is 88.0 Å². The van der Waals surface area contributed by atoms with Gasteiger partial charge in [0, 0.05) is 44.0 Å². The first-order valence-electron chi connectivity index (χ1n) is 21.6. The summed E-state index contributed by atoms with van der Waals surface area (Å²) in [5, 5.41) is 18.9. The topological polar surface area (TPSA) is 140 Å². The van der Waals surface area contributed by atoms with Crippen LogP contribution in [0.3, 0.4) is 0 Å². The van der Waals surface area contributed by atoms with Crippen molar-refractivity contribution in [2.45, 2.75) is 89.1 Å². The Hall–Kier alpha value is -4.00. The Morgan fingerprint density at radius 1 is 0.677 bits per heavy atom. The Labute approximate surface area is 409 Å². The van der Waals surface area contributed by atoms with E-state index in [-0.39, 0.29) is 88.5 Å². The Bertz CT molecular complexity index is 2360. The molecule has 4 aromatic rings. The van der Waals surface area contributed by atoms with Crippen LogP contribution >= 0.6 is 62.3 Å². The van der Waals surface area contributed by atoms with Crippen LogP contribution in [0.5, 0.6) is 11.5 Å². The van der Waals surface area contributed by atoms with E-state index in [1.165, 1.54) is 19.8 Å². The average Bonchev–Trinajstić information content (AvgIpc) is 3.66. The van der Waals surface area contributed by atoms with Gasteiger partial charge in [-0.25, -0.2) is 4.79 Å². The summed E-state index contributed by atoms with van der Waals surface area (Å²) in [6.45, 7) is 8.19. The molecule has 2 aliphatic carbocycles. The van der Waals surface area contributed by atoms with Gasteiger partial charge >= 0.3 is 11.9 Å². The number of esters is 2. The minimum Gasteiger partial charge on any atom is -0.508 e. The van der Waals surface area contributed by atoms with Crippen LogP contribution in [0.2, 0.25) is 20.1 Å². The lowest BCUT2D eigenvalue weighted by Gasteiger charge is -2.46. The second-order valence-corrected chi connectivity index (χ2v) is 20.1. The number of phenolic OH excluding ortho intramolecular Hbond substituents is 1. The summed E-state index contributed by atoms with van der Waals surface area (Å²) in [5.74, 6) is 1.09. The maximum absolute atomic E-state index is 12.9. The molecule has 0 unspecified atom stereocenters. The van der Waals surface area contributed by atoms with Gasteiger partial charge in [-0.3, -0.25) is 14.4 Å². The van der Waals surface area contributed by atoms with Gasteiger partial charge in [-0.05, 0) is 134 Å². The smallest absolute Gasteiger partial charge is 0.343 e. The predicted octanol–water partition coefficient (Wildman–Crippen LogP) is 11.4. The van der Waals surface area contributed by atoms with Crippen molar-refractivity contribution in [2.24, 2.45) is 22.7 Å². The molecule has 348 valence electrons. The minimum atomic E-state index is -0.452. The standard InChI is InChI=1S/C25H27Cl2NO4.C22H23Cl2NO2.C3H5BrO2/c1-14-23-22(15-4-6-16(26)7-5-15)19(10-11-25(23,2)24(30)28-14)18-9-8-17(12-20(18)27)32-13-21(29)31-3;1-12-20-19(13-3-5-14(23)6-4-13)17(9-10-22(20,2)21(27)25-12)16-8-7-15(26)11-18(16)24;1-6-3(5)2-4/h4-9,12,14,19,22-23H,10-11,13H2,1-3H3,(H,28,30);3-8,11-12,17,19-20,26H,9-10H2,1-2H3,(H,25,27);2H2,1H3/t14-,19+,22+,23+,25-;12-,17+,19+,20+,22-;/m11./s1. The Kier molecular flexibility index (Phi) is 16.5. The molecule has 0 radical (unpaired) electrons. The van der Waals surface area contributed by atoms with Crippen molar-refractivity contribution in [3.8, 4) is 11.5 Å². The number of benzene rings is 4. The lowest BCUT2D eigenvalue weighted by molar-refractivity contribution is -0.143. The fourth-order valence-electron chi connectivity index (χ4n) is 11.0. The molecular weight excluding hydrogens is 978 g/mol. The van der Waals surface area contributed by atoms with Crippen LogP contribution in [0.1, 0.15) is 99.3 Å². The molecule has 2 heterocycles. The van der Waals surface area contributed by atoms with Gasteiger partial charge in [-0.15, -0.1) is 0 Å². The van der Waals surface area contributed by atoms with Crippen molar-refractivity contribution in [2.75, 3.05) is 26.2 Å². The van der Waals surface area contributed by atoms with Crippen LogP contribution in [-0.2, 0) is 28.7 Å². The first kappa shape index (κ1) is 50.4. The van der Waals surface area contributed by atoms with Crippen LogP contribution in [0.25, 0.3) is 0 Å². The van der Waals surface area contributed by atoms with Gasteiger partial charge in [-0.2, -0.15) is 0 Å². The lowest BCUT2D eigenvalue weighted by atomic mass is 9.56. The SMILES string of the molecule is COC(=O)CBr.COC(=O)COc1ccc([C@@H]2CC[C@@]3(C)C(=O)N[C@H](C)[C@H]3[C@H]2c2ccc(Cl)cc2)c(Cl)c1.C[C@H]1NC(=O)[C@]2(C)CC[C@@H](c3ccc(O)cc3Cl)[C@H](c3ccc(Cl)cc3)[C@H]12. The normalized spacial score (nSPS) is 28.7. The van der Waals surface area contributed by atoms with E-state index < -0.39 is 11.4 Å². The van der Waals surface area contributed by atoms with E-state index in [1.807, 2.05) is 42.5 Å². The highest BCUT2D eigenvalue weighted by molar-refractivity contribution is 9.09. The largest absolute Gasteiger partial charge is 0.508 e. The average molecular weight is 1030 g/mol. The maximum Gasteiger partial charge on any atom is 0.343 e. The highest BCUT2D eigenvalue weighted by atomic mass is 79.9. The van der Waals surface area contributed by atoms with Gasteiger partial charge < -0.3 is 30.0 Å². The summed E-state index contributed by atoms with van der Waals surface area (Å²) in [6, 6.07) is 26.8. The van der Waals surface area contributed by atoms with Crippen molar-refractivity contribution in [1.82, 2.24) is 10.6 Å². The molecule has 4 aliphatic rings. The molecule has 10 atom stereocenters. The number of phenols is 1. The number of aromatic hydroxyl groups is 1. The summed E-state index contributed by atoms with van der Waals surface area (Å²) in [7, 11) is 2.67. The molecule has 0 aromatic heterocycles. The zero-order chi connectivity index (χ0) is 47.4. The summed E-state index contributed by atoms with van der Waals surface area (Å²) >= 11 is 28.4. The number of carbonyl (C=O) groups is 4. The molecule has 3 N–H and O–H groups in total. The van der Waals surface area contributed by atoms with E-state index in [0.29, 0.717) is 25.8 Å². The molecule has 2 aliphatic heterocycles. The second-order valence-electron chi connectivity index (χ2n) is 17.8. The number of methoxy groups -OCH3 is 2. The van der Waals surface area contributed by atoms with Gasteiger partial charge in [0.05, 0.1) is 25.0 Å². The lowest BCUT2D eigenvalue weighted by Crippen LogP contribution is -2.42. The Balaban J connectivity index is 0.000000193. The monoisotopic (exact) mass is 1030 g/mol. The van der Waals surface area contributed by atoms with Gasteiger partial charge in [0.2, 0.25) is 11.8 Å². The van der Waals surface area contributed by atoms with Crippen molar-refractivity contribution >= 4 is 86.1 Å². The number of alkyl halides is 1. The van der Waals surface area contributed by atoms with Gasteiger partial charge in [0.25, 0.3) is 0 Å². The molecule has 8 rings (SSSR count). The van der Waals surface area contributed by atoms with Gasteiger partial charge in [0.15, 0.2) is 6.61 Å². The third kappa shape index (κ3) is 10.8. The van der Waals surface area contributed by atoms with Crippen LogP contribution < -0.4 is 15.4 Å². The van der Waals surface area contributed by atoms with Crippen molar-refractivity contribution in [1.29, 1.82) is 0 Å². The Morgan fingerprint density at radius 2 is 1.11 bits per heavy atom. The molecule has 2 saturated carbocycles. The summed E-state index contributed by atoms with van der Waals surface area (Å²) in [5.41, 5.74) is 3.57. The number of nitrogens with one attached hydrogen (secondary N) is 2. The zero-order valence-electron chi connectivity index (χ0n) is 37.1. The fraction of sp³-hybridized carbons (Fsp3) is 0.440. The van der Waals surface area contributed by atoms with Crippen molar-refractivity contribution in [3.63, 3.8) is 0 Å². The van der Waals surface area contributed by atoms with Crippen LogP contribution in [0, 0.1) is 22.7 Å². The van der Waals surface area contributed by atoms with Crippen LogP contribution in [0.4, 0.5) is 0 Å². The molecule has 10 nitrogen and oxygen atoms in total. The number of halogens is 5. The van der Waals surface area contributed by atoms with Crippen molar-refractivity contribution in [3.05, 3.63) is 127 Å². The zero-order valence-corrected chi connectivity index (χ0v) is 41.7. The number of fused-ring (bicyclic) bond motifs is 2. The molecule has 2 amide bonds. The highest BCUT2D eigenvalue weighted by Gasteiger charge is 2.59. The summed E-state index contributed by atoms with van der Waals surface area (Å²) in [4.78, 5) is 46.9. The fourth-order valence-corrected chi connectivity index (χ4v) is 12.1. The number of carbonyl (C=O) groups excluding carboxylic acids is 4. The second kappa shape index (κ2) is 21.3. The number of hydrogen-bond acceptors (Lipinski definition) is 8. The van der Waals surface area contributed by atoms with E-state index >= 15 is 0 Å². The first-order valence-corrected chi connectivity index (χ1v) is 24.2. The number of hydrogen-bond donors (Lipinski definition) is 3. The van der Waals surface area contributed by atoms with E-state index in [0.717, 1.165) is 42.4 Å². The van der Waals surface area contributed by atoms with E-state index in [4.69, 9.17) is 51.1 Å². The van der Waals surface area contributed by atoms with E-state index in [1.54, 1.807) is 18.2 Å². The Morgan fingerprint density at radius 3 is 1.49 bits per heavy atom. The molecule has 15 heteroatoms. The van der Waals surface area contributed by atoms with E-state index in [9.17, 15) is 24.3 Å². The summed E-state index contributed by atoms with van der Waals surface area (Å²) < 4.78 is 14.3. The minimum absolute atomic E-state index is 0.0532. The third-order valence-corrected chi connectivity index (χ3v) is 15.7. The molecule has 4 fully saturated rings. The number of amides is 2. The highest BCUT2D eigenvalue weighted by Crippen LogP contribution is 2.61. The molecular formula is C50H55BrCl4N2O8. The number of ether oxygens (including phenoxy) is 3. The molecule has 0 bridgehead atoms. The third-order valence-electron chi connectivity index (χ3n) is 14.1. The number of rotatable bonds is 8. The quantitative estimate of drug-likeness (QED) is 0.117. The van der Waals surface area contributed by atoms with Gasteiger partial charge in [0.1, 0.15) is 16.8 Å². The summed E-state index contributed by atoms with van der Waals surface area (Å²) in [6.07, 6.45) is 3.31.